The molecule has 30 heavy (non-hydrogen) atoms. The van der Waals surface area contributed by atoms with E-state index >= 15 is 0 Å². The van der Waals surface area contributed by atoms with Gasteiger partial charge in [-0.3, -0.25) is 4.79 Å². The van der Waals surface area contributed by atoms with Crippen LogP contribution in [0.15, 0.2) is 60.8 Å². The molecule has 0 aliphatic heterocycles. The first-order valence-electron chi connectivity index (χ1n) is 9.97. The molecular formula is C24H24N4O2. The largest absolute Gasteiger partial charge is 0.494 e. The van der Waals surface area contributed by atoms with Crippen molar-refractivity contribution < 1.29 is 9.53 Å². The molecule has 2 aromatic heterocycles. The first kappa shape index (κ1) is 19.6. The Balaban J connectivity index is 1.58. The van der Waals surface area contributed by atoms with E-state index in [0.717, 1.165) is 28.0 Å². The smallest absolute Gasteiger partial charge is 0.246 e. The van der Waals surface area contributed by atoms with Crippen molar-refractivity contribution in [1.82, 2.24) is 14.8 Å². The van der Waals surface area contributed by atoms with E-state index in [1.807, 2.05) is 44.2 Å². The average Bonchev–Trinajstić information content (AvgIpc) is 3.06. The molecule has 6 heteroatoms. The summed E-state index contributed by atoms with van der Waals surface area (Å²) in [6, 6.07) is 17.7. The van der Waals surface area contributed by atoms with E-state index in [4.69, 9.17) is 4.74 Å². The van der Waals surface area contributed by atoms with Crippen molar-refractivity contribution in [3.05, 3.63) is 72.1 Å². The maximum Gasteiger partial charge on any atom is 0.246 e. The zero-order valence-electron chi connectivity index (χ0n) is 17.3. The van der Waals surface area contributed by atoms with Crippen molar-refractivity contribution >= 4 is 22.6 Å². The second kappa shape index (κ2) is 8.37. The molecule has 0 fully saturated rings. The zero-order valence-corrected chi connectivity index (χ0v) is 17.3. The summed E-state index contributed by atoms with van der Waals surface area (Å²) >= 11 is 0. The lowest BCUT2D eigenvalue weighted by Gasteiger charge is -2.08. The van der Waals surface area contributed by atoms with Crippen molar-refractivity contribution in [3.8, 4) is 16.9 Å². The Morgan fingerprint density at radius 3 is 2.47 bits per heavy atom. The second-order valence-electron chi connectivity index (χ2n) is 7.17. The van der Waals surface area contributed by atoms with Crippen molar-refractivity contribution in [2.24, 2.45) is 0 Å². The van der Waals surface area contributed by atoms with E-state index < -0.39 is 0 Å². The fourth-order valence-electron chi connectivity index (χ4n) is 3.50. The minimum atomic E-state index is -0.161. The Morgan fingerprint density at radius 2 is 1.77 bits per heavy atom. The Kier molecular flexibility index (Phi) is 5.48. The number of nitrogens with zero attached hydrogens (tertiary/aromatic N) is 3. The molecule has 0 radical (unpaired) electrons. The highest BCUT2D eigenvalue weighted by Crippen LogP contribution is 2.30. The van der Waals surface area contributed by atoms with Gasteiger partial charge in [0.2, 0.25) is 5.91 Å². The number of hydrogen-bond acceptors (Lipinski definition) is 4. The van der Waals surface area contributed by atoms with Gasteiger partial charge in [-0.2, -0.15) is 5.10 Å². The van der Waals surface area contributed by atoms with E-state index in [2.05, 4.69) is 46.6 Å². The molecule has 0 aliphatic rings. The van der Waals surface area contributed by atoms with Gasteiger partial charge in [0, 0.05) is 17.3 Å². The third-order valence-corrected chi connectivity index (χ3v) is 4.91. The quantitative estimate of drug-likeness (QED) is 0.507. The Hall–Kier alpha value is -3.67. The van der Waals surface area contributed by atoms with E-state index in [9.17, 15) is 4.79 Å². The first-order chi connectivity index (χ1) is 14.5. The molecule has 4 rings (SSSR count). The number of carbonyl (C=O) groups excluding carboxylic acids is 1. The minimum Gasteiger partial charge on any atom is -0.494 e. The Labute approximate surface area is 175 Å². The number of aromatic nitrogens is 3. The maximum atomic E-state index is 12.6. The first-order valence-corrected chi connectivity index (χ1v) is 9.97. The van der Waals surface area contributed by atoms with Crippen LogP contribution < -0.4 is 10.1 Å². The molecule has 152 valence electrons. The highest BCUT2D eigenvalue weighted by molar-refractivity contribution is 5.96. The molecule has 2 aromatic carbocycles. The lowest BCUT2D eigenvalue weighted by Crippen LogP contribution is -2.19. The summed E-state index contributed by atoms with van der Waals surface area (Å²) in [6.45, 7) is 6.64. The lowest BCUT2D eigenvalue weighted by molar-refractivity contribution is -0.116. The van der Waals surface area contributed by atoms with Crippen molar-refractivity contribution in [3.63, 3.8) is 0 Å². The van der Waals surface area contributed by atoms with Crippen molar-refractivity contribution in [2.45, 2.75) is 27.3 Å². The number of benzene rings is 2. The summed E-state index contributed by atoms with van der Waals surface area (Å²) in [7, 11) is 0. The molecule has 0 bridgehead atoms. The number of rotatable bonds is 6. The predicted molar refractivity (Wildman–Crippen MR) is 119 cm³/mol. The number of anilines is 1. The van der Waals surface area contributed by atoms with Gasteiger partial charge in [-0.1, -0.05) is 29.8 Å². The fourth-order valence-corrected chi connectivity index (χ4v) is 3.50. The Bertz CT molecular complexity index is 1180. The second-order valence-corrected chi connectivity index (χ2v) is 7.17. The van der Waals surface area contributed by atoms with Crippen LogP contribution in [-0.2, 0) is 11.3 Å². The molecular weight excluding hydrogens is 376 g/mol. The van der Waals surface area contributed by atoms with Crippen LogP contribution in [0.25, 0.3) is 22.2 Å². The minimum absolute atomic E-state index is 0.0852. The fraction of sp³-hybridized carbons (Fsp3) is 0.208. The van der Waals surface area contributed by atoms with Crippen LogP contribution in [0.5, 0.6) is 5.75 Å². The van der Waals surface area contributed by atoms with Gasteiger partial charge in [-0.15, -0.1) is 0 Å². The number of hydrogen-bond donors (Lipinski definition) is 1. The zero-order chi connectivity index (χ0) is 21.1. The monoisotopic (exact) mass is 400 g/mol. The third-order valence-electron chi connectivity index (χ3n) is 4.91. The van der Waals surface area contributed by atoms with Crippen LogP contribution in [0.1, 0.15) is 18.2 Å². The van der Waals surface area contributed by atoms with Crippen molar-refractivity contribution in [1.29, 1.82) is 0 Å². The normalized spacial score (nSPS) is 10.9. The molecule has 0 aliphatic carbocycles. The molecule has 4 aromatic rings. The molecule has 1 amide bonds. The van der Waals surface area contributed by atoms with Gasteiger partial charge in [0.1, 0.15) is 12.3 Å². The van der Waals surface area contributed by atoms with E-state index in [0.29, 0.717) is 17.9 Å². The van der Waals surface area contributed by atoms with Crippen LogP contribution in [0.2, 0.25) is 0 Å². The van der Waals surface area contributed by atoms with Gasteiger partial charge >= 0.3 is 0 Å². The number of amides is 1. The molecule has 0 atom stereocenters. The molecule has 1 N–H and O–H groups in total. The molecule has 0 saturated heterocycles. The SMILES string of the molecule is CCOc1ccc(NC(=O)Cn2nc(C)c3c(-c4ccc(C)cc4)ccnc32)cc1. The molecule has 6 nitrogen and oxygen atoms in total. The van der Waals surface area contributed by atoms with E-state index in [1.165, 1.54) is 5.56 Å². The number of aryl methyl sites for hydroxylation is 2. The van der Waals surface area contributed by atoms with Crippen LogP contribution in [-0.4, -0.2) is 27.3 Å². The van der Waals surface area contributed by atoms with E-state index in [1.54, 1.807) is 10.9 Å². The number of ether oxygens (including phenoxy) is 1. The van der Waals surface area contributed by atoms with E-state index in [-0.39, 0.29) is 12.5 Å². The van der Waals surface area contributed by atoms with Crippen LogP contribution in [0.4, 0.5) is 5.69 Å². The van der Waals surface area contributed by atoms with Gasteiger partial charge in [0.15, 0.2) is 5.65 Å². The van der Waals surface area contributed by atoms with Crippen LogP contribution in [0, 0.1) is 13.8 Å². The standard InChI is InChI=1S/C24H24N4O2/c1-4-30-20-11-9-19(10-12-20)26-22(29)15-28-24-23(17(3)27-28)21(13-14-25-24)18-7-5-16(2)6-8-18/h5-14H,4,15H2,1-3H3,(H,26,29). The van der Waals surface area contributed by atoms with Gasteiger partial charge < -0.3 is 10.1 Å². The summed E-state index contributed by atoms with van der Waals surface area (Å²) in [5.41, 5.74) is 5.65. The number of pyridine rings is 1. The van der Waals surface area contributed by atoms with Crippen molar-refractivity contribution in [2.75, 3.05) is 11.9 Å². The number of fused-ring (bicyclic) bond motifs is 1. The Morgan fingerprint density at radius 1 is 1.03 bits per heavy atom. The molecule has 0 spiro atoms. The lowest BCUT2D eigenvalue weighted by atomic mass is 10.0. The molecule has 0 unspecified atom stereocenters. The number of carbonyl (C=O) groups is 1. The summed E-state index contributed by atoms with van der Waals surface area (Å²) in [6.07, 6.45) is 1.76. The summed E-state index contributed by atoms with van der Waals surface area (Å²) in [5, 5.41) is 8.46. The van der Waals surface area contributed by atoms with Gasteiger partial charge in [0.05, 0.1) is 12.3 Å². The topological polar surface area (TPSA) is 69.0 Å². The van der Waals surface area contributed by atoms with Gasteiger partial charge in [-0.05, 0) is 62.2 Å². The summed E-state index contributed by atoms with van der Waals surface area (Å²) < 4.78 is 7.09. The molecule has 2 heterocycles. The average molecular weight is 400 g/mol. The third kappa shape index (κ3) is 4.03. The van der Waals surface area contributed by atoms with Crippen LogP contribution >= 0.6 is 0 Å². The summed E-state index contributed by atoms with van der Waals surface area (Å²) in [5.74, 6) is 0.614. The van der Waals surface area contributed by atoms with Gasteiger partial charge in [-0.25, -0.2) is 9.67 Å². The highest BCUT2D eigenvalue weighted by Gasteiger charge is 2.16. The highest BCUT2D eigenvalue weighted by atomic mass is 16.5. The molecule has 0 saturated carbocycles. The number of nitrogens with one attached hydrogen (secondary N) is 1. The predicted octanol–water partition coefficient (Wildman–Crippen LogP) is 4.75. The van der Waals surface area contributed by atoms with Gasteiger partial charge in [0.25, 0.3) is 0 Å². The van der Waals surface area contributed by atoms with Crippen LogP contribution in [0.3, 0.4) is 0 Å². The summed E-state index contributed by atoms with van der Waals surface area (Å²) in [4.78, 5) is 17.1. The maximum absolute atomic E-state index is 12.6.